The largest absolute Gasteiger partial charge is 0.299 e. The highest BCUT2D eigenvalue weighted by molar-refractivity contribution is 7.99. The first kappa shape index (κ1) is 13.4. The molecule has 0 amide bonds. The van der Waals surface area contributed by atoms with Gasteiger partial charge >= 0.3 is 0 Å². The zero-order valence-electron chi connectivity index (χ0n) is 11.8. The molecule has 1 aromatic heterocycles. The Balaban J connectivity index is 1.61. The average Bonchev–Trinajstić information content (AvgIpc) is 2.87. The highest BCUT2D eigenvalue weighted by atomic mass is 32.2. The van der Waals surface area contributed by atoms with Crippen LogP contribution in [0.15, 0.2) is 23.4 Å². The lowest BCUT2D eigenvalue weighted by Gasteiger charge is -2.21. The van der Waals surface area contributed by atoms with Gasteiger partial charge in [-0.1, -0.05) is 25.3 Å². The molecule has 104 valence electrons. The van der Waals surface area contributed by atoms with Crippen LogP contribution < -0.4 is 0 Å². The Morgan fingerprint density at radius 3 is 2.58 bits per heavy atom. The average molecular weight is 276 g/mol. The number of nitrogens with zero attached hydrogens (tertiary/aromatic N) is 2. The van der Waals surface area contributed by atoms with Crippen LogP contribution in [0.3, 0.4) is 0 Å². The molecule has 1 atom stereocenters. The fourth-order valence-corrected chi connectivity index (χ4v) is 4.51. The minimum atomic E-state index is 0.598. The van der Waals surface area contributed by atoms with Crippen LogP contribution in [0.5, 0.6) is 0 Å². The minimum Gasteiger partial charge on any atom is -0.299 e. The first-order chi connectivity index (χ1) is 9.33. The lowest BCUT2D eigenvalue weighted by atomic mass is 10.0. The molecule has 0 spiro atoms. The van der Waals surface area contributed by atoms with Crippen LogP contribution in [0.25, 0.3) is 0 Å². The van der Waals surface area contributed by atoms with Crippen molar-refractivity contribution in [3.05, 3.63) is 23.9 Å². The van der Waals surface area contributed by atoms with Crippen LogP contribution in [0.2, 0.25) is 0 Å². The Morgan fingerprint density at radius 2 is 1.95 bits per heavy atom. The maximum atomic E-state index is 4.69. The molecule has 1 aliphatic carbocycles. The fourth-order valence-electron chi connectivity index (χ4n) is 3.34. The Labute approximate surface area is 121 Å². The third kappa shape index (κ3) is 3.32. The monoisotopic (exact) mass is 276 g/mol. The number of aromatic nitrogens is 1. The van der Waals surface area contributed by atoms with E-state index in [4.69, 9.17) is 0 Å². The summed E-state index contributed by atoms with van der Waals surface area (Å²) >= 11 is 1.99. The molecule has 0 aromatic carbocycles. The topological polar surface area (TPSA) is 16.1 Å². The molecule has 2 nitrogen and oxygen atoms in total. The van der Waals surface area contributed by atoms with Crippen LogP contribution >= 0.6 is 11.8 Å². The second-order valence-corrected chi connectivity index (χ2v) is 7.27. The Kier molecular flexibility index (Phi) is 4.44. The molecule has 0 bridgehead atoms. The zero-order chi connectivity index (χ0) is 13.1. The van der Waals surface area contributed by atoms with Crippen molar-refractivity contribution in [3.63, 3.8) is 0 Å². The van der Waals surface area contributed by atoms with Gasteiger partial charge in [-0.2, -0.15) is 0 Å². The van der Waals surface area contributed by atoms with E-state index in [1.807, 2.05) is 11.8 Å². The summed E-state index contributed by atoms with van der Waals surface area (Å²) in [7, 11) is 2.22. The van der Waals surface area contributed by atoms with Crippen molar-refractivity contribution < 1.29 is 0 Å². The highest BCUT2D eigenvalue weighted by Gasteiger charge is 2.23. The predicted octanol–water partition coefficient (Wildman–Crippen LogP) is 4.27. The Morgan fingerprint density at radius 1 is 1.11 bits per heavy atom. The standard InChI is InChI=1S/C16H24N2S/c1-18-11-5-8-15(18)13-9-10-16(17-12-13)19-14-6-3-2-4-7-14/h9-10,12,14-15H,2-8,11H2,1H3/t15-/m0/s1. The normalized spacial score (nSPS) is 25.8. The molecule has 1 aliphatic heterocycles. The second kappa shape index (κ2) is 6.27. The van der Waals surface area contributed by atoms with Crippen molar-refractivity contribution in [2.24, 2.45) is 0 Å². The Bertz CT molecular complexity index is 398. The molecular weight excluding hydrogens is 252 g/mol. The van der Waals surface area contributed by atoms with Gasteiger partial charge in [-0.15, -0.1) is 11.8 Å². The molecule has 2 heterocycles. The molecule has 1 saturated heterocycles. The number of thioether (sulfide) groups is 1. The van der Waals surface area contributed by atoms with E-state index >= 15 is 0 Å². The maximum Gasteiger partial charge on any atom is 0.0962 e. The number of rotatable bonds is 3. The fraction of sp³-hybridized carbons (Fsp3) is 0.688. The SMILES string of the molecule is CN1CCC[C@H]1c1ccc(SC2CCCCC2)nc1. The van der Waals surface area contributed by atoms with Crippen LogP contribution in [0.1, 0.15) is 56.6 Å². The van der Waals surface area contributed by atoms with E-state index in [-0.39, 0.29) is 0 Å². The summed E-state index contributed by atoms with van der Waals surface area (Å²) in [5, 5.41) is 2.03. The van der Waals surface area contributed by atoms with Gasteiger partial charge in [0, 0.05) is 17.5 Å². The van der Waals surface area contributed by atoms with Gasteiger partial charge in [0.15, 0.2) is 0 Å². The molecule has 0 N–H and O–H groups in total. The molecule has 2 aliphatic rings. The van der Waals surface area contributed by atoms with E-state index in [2.05, 4.69) is 35.3 Å². The van der Waals surface area contributed by atoms with Crippen molar-refractivity contribution in [2.75, 3.05) is 13.6 Å². The third-order valence-corrected chi connectivity index (χ3v) is 5.79. The van der Waals surface area contributed by atoms with Crippen molar-refractivity contribution in [1.82, 2.24) is 9.88 Å². The molecule has 0 unspecified atom stereocenters. The second-order valence-electron chi connectivity index (χ2n) is 5.95. The van der Waals surface area contributed by atoms with Gasteiger partial charge in [-0.25, -0.2) is 4.98 Å². The van der Waals surface area contributed by atoms with Gasteiger partial charge in [-0.05, 0) is 50.9 Å². The molecular formula is C16H24N2S. The van der Waals surface area contributed by atoms with Crippen LogP contribution in [0.4, 0.5) is 0 Å². The summed E-state index contributed by atoms with van der Waals surface area (Å²) in [5.41, 5.74) is 1.40. The number of pyridine rings is 1. The van der Waals surface area contributed by atoms with E-state index in [0.717, 1.165) is 5.25 Å². The molecule has 0 radical (unpaired) electrons. The molecule has 2 fully saturated rings. The highest BCUT2D eigenvalue weighted by Crippen LogP contribution is 2.34. The van der Waals surface area contributed by atoms with Crippen molar-refractivity contribution in [1.29, 1.82) is 0 Å². The van der Waals surface area contributed by atoms with Crippen LogP contribution in [-0.4, -0.2) is 28.7 Å². The number of hydrogen-bond acceptors (Lipinski definition) is 3. The Hall–Kier alpha value is -0.540. The summed E-state index contributed by atoms with van der Waals surface area (Å²) in [6.45, 7) is 1.23. The first-order valence-corrected chi connectivity index (χ1v) is 8.54. The molecule has 1 saturated carbocycles. The number of likely N-dealkylation sites (tertiary alicyclic amines) is 1. The summed E-state index contributed by atoms with van der Waals surface area (Å²) in [5.74, 6) is 0. The van der Waals surface area contributed by atoms with Crippen molar-refractivity contribution >= 4 is 11.8 Å². The molecule has 3 heteroatoms. The van der Waals surface area contributed by atoms with Gasteiger partial charge in [0.05, 0.1) is 5.03 Å². The van der Waals surface area contributed by atoms with Crippen LogP contribution in [-0.2, 0) is 0 Å². The lowest BCUT2D eigenvalue weighted by Crippen LogP contribution is -2.17. The van der Waals surface area contributed by atoms with Gasteiger partial charge in [0.1, 0.15) is 0 Å². The summed E-state index contributed by atoms with van der Waals surface area (Å²) in [6.07, 6.45) is 11.7. The molecule has 1 aromatic rings. The van der Waals surface area contributed by atoms with Gasteiger partial charge in [0.25, 0.3) is 0 Å². The van der Waals surface area contributed by atoms with Gasteiger partial charge in [0.2, 0.25) is 0 Å². The molecule has 3 rings (SSSR count). The van der Waals surface area contributed by atoms with E-state index in [1.165, 1.54) is 62.1 Å². The summed E-state index contributed by atoms with van der Waals surface area (Å²) < 4.78 is 0. The minimum absolute atomic E-state index is 0.598. The van der Waals surface area contributed by atoms with E-state index in [9.17, 15) is 0 Å². The quantitative estimate of drug-likeness (QED) is 0.820. The van der Waals surface area contributed by atoms with E-state index in [1.54, 1.807) is 0 Å². The third-order valence-electron chi connectivity index (χ3n) is 4.50. The van der Waals surface area contributed by atoms with Gasteiger partial charge < -0.3 is 0 Å². The van der Waals surface area contributed by atoms with Gasteiger partial charge in [-0.3, -0.25) is 4.90 Å². The summed E-state index contributed by atoms with van der Waals surface area (Å²) in [4.78, 5) is 7.14. The lowest BCUT2D eigenvalue weighted by molar-refractivity contribution is 0.317. The van der Waals surface area contributed by atoms with E-state index in [0.29, 0.717) is 6.04 Å². The number of hydrogen-bond donors (Lipinski definition) is 0. The summed E-state index contributed by atoms with van der Waals surface area (Å²) in [6, 6.07) is 5.13. The first-order valence-electron chi connectivity index (χ1n) is 7.66. The van der Waals surface area contributed by atoms with E-state index < -0.39 is 0 Å². The van der Waals surface area contributed by atoms with Crippen molar-refractivity contribution in [3.8, 4) is 0 Å². The molecule has 19 heavy (non-hydrogen) atoms. The zero-order valence-corrected chi connectivity index (χ0v) is 12.7. The predicted molar refractivity (Wildman–Crippen MR) is 81.6 cm³/mol. The maximum absolute atomic E-state index is 4.69. The smallest absolute Gasteiger partial charge is 0.0962 e. The van der Waals surface area contributed by atoms with Crippen molar-refractivity contribution in [2.45, 2.75) is 61.3 Å². The van der Waals surface area contributed by atoms with Crippen LogP contribution in [0, 0.1) is 0 Å².